The van der Waals surface area contributed by atoms with Crippen LogP contribution in [0.25, 0.3) is 10.9 Å². The molecule has 0 aliphatic heterocycles. The van der Waals surface area contributed by atoms with Crippen LogP contribution < -0.4 is 10.0 Å². The van der Waals surface area contributed by atoms with E-state index in [9.17, 15) is 8.42 Å². The van der Waals surface area contributed by atoms with Gasteiger partial charge in [0.2, 0.25) is 10.0 Å². The minimum absolute atomic E-state index is 0. The molecule has 2 aromatic rings. The Hall–Kier alpha value is -1.08. The van der Waals surface area contributed by atoms with Crippen LogP contribution in [0.15, 0.2) is 24.4 Å². The van der Waals surface area contributed by atoms with Gasteiger partial charge in [0, 0.05) is 17.1 Å². The van der Waals surface area contributed by atoms with Gasteiger partial charge < -0.3 is 10.3 Å². The molecule has 0 bridgehead atoms. The molecular formula is C16H26ClN3O2S. The van der Waals surface area contributed by atoms with Gasteiger partial charge in [0.15, 0.2) is 0 Å². The topological polar surface area (TPSA) is 74.0 Å². The Morgan fingerprint density at radius 2 is 1.96 bits per heavy atom. The van der Waals surface area contributed by atoms with E-state index in [1.54, 1.807) is 0 Å². The summed E-state index contributed by atoms with van der Waals surface area (Å²) in [5, 5.41) is 4.60. The maximum absolute atomic E-state index is 11.5. The monoisotopic (exact) mass is 359 g/mol. The second-order valence-electron chi connectivity index (χ2n) is 5.47. The van der Waals surface area contributed by atoms with Crippen molar-refractivity contribution in [2.24, 2.45) is 0 Å². The Labute approximate surface area is 144 Å². The minimum atomic E-state index is -3.16. The Balaban J connectivity index is 0.00000264. The van der Waals surface area contributed by atoms with Gasteiger partial charge in [0.05, 0.1) is 5.75 Å². The molecule has 1 heterocycles. The molecule has 0 aliphatic carbocycles. The van der Waals surface area contributed by atoms with Crippen LogP contribution in [0, 0.1) is 0 Å². The van der Waals surface area contributed by atoms with E-state index in [-0.39, 0.29) is 18.2 Å². The van der Waals surface area contributed by atoms with Crippen molar-refractivity contribution >= 4 is 33.3 Å². The number of hydrogen-bond acceptors (Lipinski definition) is 3. The van der Waals surface area contributed by atoms with Crippen molar-refractivity contribution in [3.63, 3.8) is 0 Å². The van der Waals surface area contributed by atoms with E-state index in [1.165, 1.54) is 18.0 Å². The Morgan fingerprint density at radius 1 is 1.17 bits per heavy atom. The Morgan fingerprint density at radius 3 is 2.65 bits per heavy atom. The predicted octanol–water partition coefficient (Wildman–Crippen LogP) is 2.22. The molecule has 130 valence electrons. The molecule has 1 aromatic heterocycles. The summed E-state index contributed by atoms with van der Waals surface area (Å²) < 4.78 is 25.4. The van der Waals surface area contributed by atoms with Crippen LogP contribution in [-0.4, -0.2) is 39.3 Å². The van der Waals surface area contributed by atoms with E-state index in [1.807, 2.05) is 18.3 Å². The summed E-state index contributed by atoms with van der Waals surface area (Å²) in [5.41, 5.74) is 3.43. The molecule has 0 radical (unpaired) electrons. The van der Waals surface area contributed by atoms with Gasteiger partial charge in [-0.2, -0.15) is 0 Å². The molecule has 1 aromatic carbocycles. The molecule has 0 unspecified atom stereocenters. The van der Waals surface area contributed by atoms with Crippen molar-refractivity contribution in [2.75, 3.05) is 25.9 Å². The zero-order valence-electron chi connectivity index (χ0n) is 13.7. The lowest BCUT2D eigenvalue weighted by Crippen LogP contribution is -2.23. The van der Waals surface area contributed by atoms with Gasteiger partial charge in [-0.3, -0.25) is 0 Å². The molecule has 0 fully saturated rings. The summed E-state index contributed by atoms with van der Waals surface area (Å²) in [7, 11) is -1.71. The number of aryl methyl sites for hydroxylation is 1. The Kier molecular flexibility index (Phi) is 8.05. The standard InChI is InChI=1S/C16H25N3O2S.ClH/c1-3-8-18-9-6-14-12-19-16-5-4-13(11-15(14)16)7-10-22(20,21)17-2;/h4-5,11-12,17-19H,3,6-10H2,1-2H3;1H. The second kappa shape index (κ2) is 9.27. The number of nitrogens with one attached hydrogen (secondary N) is 3. The molecule has 3 N–H and O–H groups in total. The molecule has 0 aliphatic rings. The highest BCUT2D eigenvalue weighted by molar-refractivity contribution is 7.89. The molecular weight excluding hydrogens is 334 g/mol. The average Bonchev–Trinajstić information content (AvgIpc) is 2.92. The van der Waals surface area contributed by atoms with Gasteiger partial charge in [0.1, 0.15) is 0 Å². The normalized spacial score (nSPS) is 11.6. The highest BCUT2D eigenvalue weighted by Crippen LogP contribution is 2.20. The highest BCUT2D eigenvalue weighted by Gasteiger charge is 2.09. The maximum atomic E-state index is 11.5. The van der Waals surface area contributed by atoms with Crippen LogP contribution in [0.3, 0.4) is 0 Å². The molecule has 5 nitrogen and oxygen atoms in total. The first-order valence-corrected chi connectivity index (χ1v) is 9.42. The maximum Gasteiger partial charge on any atom is 0.211 e. The number of aromatic nitrogens is 1. The number of benzene rings is 1. The number of hydrogen-bond donors (Lipinski definition) is 3. The van der Waals surface area contributed by atoms with Gasteiger partial charge >= 0.3 is 0 Å². The van der Waals surface area contributed by atoms with Crippen LogP contribution in [0.4, 0.5) is 0 Å². The second-order valence-corrected chi connectivity index (χ2v) is 7.51. The summed E-state index contributed by atoms with van der Waals surface area (Å²) in [4.78, 5) is 3.28. The molecule has 0 spiro atoms. The van der Waals surface area contributed by atoms with Gasteiger partial charge in [-0.1, -0.05) is 13.0 Å². The number of aromatic amines is 1. The van der Waals surface area contributed by atoms with Crippen LogP contribution in [0.2, 0.25) is 0 Å². The van der Waals surface area contributed by atoms with E-state index < -0.39 is 10.0 Å². The number of rotatable bonds is 9. The van der Waals surface area contributed by atoms with E-state index >= 15 is 0 Å². The minimum Gasteiger partial charge on any atom is -0.361 e. The van der Waals surface area contributed by atoms with Crippen molar-refractivity contribution in [1.82, 2.24) is 15.0 Å². The van der Waals surface area contributed by atoms with Crippen molar-refractivity contribution in [1.29, 1.82) is 0 Å². The molecule has 7 heteroatoms. The lowest BCUT2D eigenvalue weighted by atomic mass is 10.1. The summed E-state index contributed by atoms with van der Waals surface area (Å²) >= 11 is 0. The quantitative estimate of drug-likeness (QED) is 0.601. The van der Waals surface area contributed by atoms with Crippen molar-refractivity contribution in [3.8, 4) is 0 Å². The summed E-state index contributed by atoms with van der Waals surface area (Å²) in [6, 6.07) is 6.12. The lowest BCUT2D eigenvalue weighted by Gasteiger charge is -2.05. The first-order chi connectivity index (χ1) is 10.6. The third-order valence-corrected chi connectivity index (χ3v) is 5.16. The average molecular weight is 360 g/mol. The fourth-order valence-corrected chi connectivity index (χ4v) is 3.18. The number of sulfonamides is 1. The molecule has 23 heavy (non-hydrogen) atoms. The Bertz CT molecular complexity index is 713. The van der Waals surface area contributed by atoms with E-state index in [4.69, 9.17) is 0 Å². The number of fused-ring (bicyclic) bond motifs is 1. The lowest BCUT2D eigenvalue weighted by molar-refractivity contribution is 0.587. The summed E-state index contributed by atoms with van der Waals surface area (Å²) in [6.07, 6.45) is 4.68. The smallest absolute Gasteiger partial charge is 0.211 e. The fraction of sp³-hybridized carbons (Fsp3) is 0.500. The molecule has 0 saturated carbocycles. The fourth-order valence-electron chi connectivity index (χ4n) is 2.47. The van der Waals surface area contributed by atoms with E-state index in [2.05, 4.69) is 28.0 Å². The van der Waals surface area contributed by atoms with E-state index in [0.717, 1.165) is 37.0 Å². The first kappa shape index (κ1) is 20.0. The zero-order chi connectivity index (χ0) is 16.0. The molecule has 0 atom stereocenters. The van der Waals surface area contributed by atoms with Gasteiger partial charge in [-0.15, -0.1) is 12.4 Å². The van der Waals surface area contributed by atoms with Gasteiger partial charge in [0.25, 0.3) is 0 Å². The first-order valence-electron chi connectivity index (χ1n) is 7.76. The zero-order valence-corrected chi connectivity index (χ0v) is 15.3. The SMILES string of the molecule is CCCNCCc1c[nH]c2ccc(CCS(=O)(=O)NC)cc12.Cl. The van der Waals surface area contributed by atoms with Crippen LogP contribution in [-0.2, 0) is 22.9 Å². The summed E-state index contributed by atoms with van der Waals surface area (Å²) in [6.45, 7) is 4.15. The van der Waals surface area contributed by atoms with Crippen molar-refractivity contribution in [3.05, 3.63) is 35.5 Å². The highest BCUT2D eigenvalue weighted by atomic mass is 35.5. The largest absolute Gasteiger partial charge is 0.361 e. The molecule has 2 rings (SSSR count). The van der Waals surface area contributed by atoms with Gasteiger partial charge in [-0.05, 0) is 62.7 Å². The van der Waals surface area contributed by atoms with Crippen LogP contribution in [0.5, 0.6) is 0 Å². The van der Waals surface area contributed by atoms with Crippen molar-refractivity contribution < 1.29 is 8.42 Å². The van der Waals surface area contributed by atoms with Crippen LogP contribution in [0.1, 0.15) is 24.5 Å². The summed E-state index contributed by atoms with van der Waals surface area (Å²) in [5.74, 6) is 0.118. The number of halogens is 1. The van der Waals surface area contributed by atoms with E-state index in [0.29, 0.717) is 6.42 Å². The third-order valence-electron chi connectivity index (χ3n) is 3.80. The predicted molar refractivity (Wildman–Crippen MR) is 99.0 cm³/mol. The number of H-pyrrole nitrogens is 1. The third kappa shape index (κ3) is 5.80. The molecule has 0 saturated heterocycles. The molecule has 0 amide bonds. The van der Waals surface area contributed by atoms with Gasteiger partial charge in [-0.25, -0.2) is 13.1 Å². The van der Waals surface area contributed by atoms with Crippen molar-refractivity contribution in [2.45, 2.75) is 26.2 Å². The van der Waals surface area contributed by atoms with Crippen LogP contribution >= 0.6 is 12.4 Å².